The van der Waals surface area contributed by atoms with Gasteiger partial charge in [-0.2, -0.15) is 31.3 Å². The Morgan fingerprint density at radius 1 is 0.850 bits per heavy atom. The molecule has 1 aromatic rings. The lowest BCUT2D eigenvalue weighted by Gasteiger charge is -2.24. The number of nitrogens with two attached hydrogens (primary N) is 2. The van der Waals surface area contributed by atoms with Gasteiger partial charge in [-0.15, -0.1) is 0 Å². The van der Waals surface area contributed by atoms with Crippen LogP contribution < -0.4 is 11.5 Å². The van der Waals surface area contributed by atoms with Gasteiger partial charge in [-0.3, -0.25) is 0 Å². The number of hydrogen-bond donors (Lipinski definition) is 2. The van der Waals surface area contributed by atoms with E-state index in [-0.39, 0.29) is 0 Å². The average Bonchev–Trinajstić information content (AvgIpc) is 2.23. The molecule has 2 atom stereocenters. The lowest BCUT2D eigenvalue weighted by molar-refractivity contribution is -0.153. The highest BCUT2D eigenvalue weighted by molar-refractivity contribution is 5.49. The molecule has 0 aliphatic heterocycles. The Bertz CT molecular complexity index is 496. The van der Waals surface area contributed by atoms with Gasteiger partial charge in [0, 0.05) is 5.56 Å². The molecule has 0 radical (unpaired) electrons. The highest BCUT2D eigenvalue weighted by Crippen LogP contribution is 2.43. The Morgan fingerprint density at radius 2 is 1.30 bits per heavy atom. The molecule has 114 valence electrons. The maximum atomic E-state index is 12.7. The predicted molar refractivity (Wildman–Crippen MR) is 59.8 cm³/mol. The van der Waals surface area contributed by atoms with Crippen molar-refractivity contribution in [1.29, 1.82) is 0 Å². The molecule has 4 nitrogen and oxygen atoms in total. The molecule has 1 rings (SSSR count). The molecule has 0 amide bonds. The number of nitrogens with zero attached hydrogens (tertiary/aromatic N) is 2. The Kier molecular flexibility index (Phi) is 4.07. The molecule has 0 aliphatic carbocycles. The first-order chi connectivity index (χ1) is 8.85. The van der Waals surface area contributed by atoms with Crippen LogP contribution in [0.2, 0.25) is 0 Å². The Labute approximate surface area is 110 Å². The monoisotopic (exact) mass is 302 g/mol. The molecule has 0 bridgehead atoms. The number of nitrogen functional groups attached to an aromatic ring is 2. The molecule has 0 saturated carbocycles. The molecule has 20 heavy (non-hydrogen) atoms. The third-order valence-corrected chi connectivity index (χ3v) is 2.85. The van der Waals surface area contributed by atoms with Crippen LogP contribution in [0.4, 0.5) is 38.1 Å². The van der Waals surface area contributed by atoms with Crippen LogP contribution in [-0.4, -0.2) is 22.3 Å². The van der Waals surface area contributed by atoms with Gasteiger partial charge < -0.3 is 11.5 Å². The normalized spacial score (nSPS) is 16.0. The first-order valence-corrected chi connectivity index (χ1v) is 5.42. The summed E-state index contributed by atoms with van der Waals surface area (Å²) in [6.07, 6.45) is -9.54. The second-order valence-electron chi connectivity index (χ2n) is 4.29. The van der Waals surface area contributed by atoms with Crippen molar-refractivity contribution >= 4 is 11.8 Å². The summed E-state index contributed by atoms with van der Waals surface area (Å²) < 4.78 is 76.3. The van der Waals surface area contributed by atoms with Crippen molar-refractivity contribution in [3.8, 4) is 0 Å². The van der Waals surface area contributed by atoms with Crippen molar-refractivity contribution in [2.45, 2.75) is 38.0 Å². The number of hydrogen-bond acceptors (Lipinski definition) is 4. The Hall–Kier alpha value is -1.74. The second-order valence-corrected chi connectivity index (χ2v) is 4.29. The van der Waals surface area contributed by atoms with Crippen LogP contribution in [0.1, 0.15) is 36.9 Å². The molecule has 0 saturated heterocycles. The standard InChI is InChI=1S/C10H12F6N4/c1-3(9(11,12)13)5-6(4(2)10(14,15)16)19-8(18)20-7(5)17/h3-4H,1-2H3,(H4,17,18,19,20)/t3-,4-/m1/s1. The fourth-order valence-electron chi connectivity index (χ4n) is 1.62. The quantitative estimate of drug-likeness (QED) is 0.823. The van der Waals surface area contributed by atoms with E-state index in [1.165, 1.54) is 0 Å². The molecule has 0 aliphatic rings. The minimum atomic E-state index is -4.77. The van der Waals surface area contributed by atoms with Crippen molar-refractivity contribution in [1.82, 2.24) is 9.97 Å². The van der Waals surface area contributed by atoms with Gasteiger partial charge in [-0.05, 0) is 13.8 Å². The summed E-state index contributed by atoms with van der Waals surface area (Å²) in [6, 6.07) is 0. The van der Waals surface area contributed by atoms with Gasteiger partial charge in [0.05, 0.1) is 17.5 Å². The summed E-state index contributed by atoms with van der Waals surface area (Å²) in [5.74, 6) is -5.78. The highest BCUT2D eigenvalue weighted by Gasteiger charge is 2.45. The van der Waals surface area contributed by atoms with Crippen molar-refractivity contribution in [2.24, 2.45) is 0 Å². The van der Waals surface area contributed by atoms with Crippen LogP contribution in [0, 0.1) is 0 Å². The van der Waals surface area contributed by atoms with Crippen molar-refractivity contribution in [3.05, 3.63) is 11.3 Å². The van der Waals surface area contributed by atoms with E-state index >= 15 is 0 Å². The van der Waals surface area contributed by atoms with E-state index < -0.39 is 47.2 Å². The summed E-state index contributed by atoms with van der Waals surface area (Å²) in [5, 5.41) is 0. The summed E-state index contributed by atoms with van der Waals surface area (Å²) in [4.78, 5) is 6.61. The summed E-state index contributed by atoms with van der Waals surface area (Å²) in [5.41, 5.74) is 8.82. The van der Waals surface area contributed by atoms with E-state index in [1.807, 2.05) is 0 Å². The Balaban J connectivity index is 3.51. The fourth-order valence-corrected chi connectivity index (χ4v) is 1.62. The number of anilines is 2. The molecular formula is C10H12F6N4. The van der Waals surface area contributed by atoms with Gasteiger partial charge in [0.2, 0.25) is 5.95 Å². The SMILES string of the molecule is C[C@H](c1nc(N)nc(N)c1[C@@H](C)C(F)(F)F)C(F)(F)F. The van der Waals surface area contributed by atoms with Crippen LogP contribution in [0.15, 0.2) is 0 Å². The van der Waals surface area contributed by atoms with Crippen molar-refractivity contribution in [2.75, 3.05) is 11.5 Å². The van der Waals surface area contributed by atoms with Crippen molar-refractivity contribution < 1.29 is 26.3 Å². The number of halogens is 6. The van der Waals surface area contributed by atoms with Gasteiger partial charge in [0.15, 0.2) is 0 Å². The largest absolute Gasteiger partial charge is 0.396 e. The minimum absolute atomic E-state index is 0.605. The predicted octanol–water partition coefficient (Wildman–Crippen LogP) is 2.97. The van der Waals surface area contributed by atoms with E-state index in [9.17, 15) is 26.3 Å². The fraction of sp³-hybridized carbons (Fsp3) is 0.600. The number of alkyl halides is 6. The number of rotatable bonds is 2. The third kappa shape index (κ3) is 3.23. The smallest absolute Gasteiger partial charge is 0.383 e. The molecule has 1 heterocycles. The Morgan fingerprint density at radius 3 is 1.70 bits per heavy atom. The van der Waals surface area contributed by atoms with E-state index in [4.69, 9.17) is 11.5 Å². The van der Waals surface area contributed by atoms with Gasteiger partial charge in [0.25, 0.3) is 0 Å². The molecule has 0 spiro atoms. The maximum absolute atomic E-state index is 12.7. The van der Waals surface area contributed by atoms with Crippen LogP contribution >= 0.6 is 0 Å². The summed E-state index contributed by atoms with van der Waals surface area (Å²) >= 11 is 0. The third-order valence-electron chi connectivity index (χ3n) is 2.85. The van der Waals surface area contributed by atoms with Gasteiger partial charge >= 0.3 is 12.4 Å². The summed E-state index contributed by atoms with van der Waals surface area (Å²) in [6.45, 7) is 1.38. The van der Waals surface area contributed by atoms with Crippen LogP contribution in [-0.2, 0) is 0 Å². The lowest BCUT2D eigenvalue weighted by Crippen LogP contribution is -2.27. The highest BCUT2D eigenvalue weighted by atomic mass is 19.4. The van der Waals surface area contributed by atoms with E-state index in [1.54, 1.807) is 0 Å². The summed E-state index contributed by atoms with van der Waals surface area (Å²) in [7, 11) is 0. The average molecular weight is 302 g/mol. The maximum Gasteiger partial charge on any atom is 0.396 e. The molecule has 0 fully saturated rings. The molecule has 10 heteroatoms. The molecule has 0 unspecified atom stereocenters. The zero-order chi connectivity index (χ0) is 15.9. The van der Waals surface area contributed by atoms with Crippen molar-refractivity contribution in [3.63, 3.8) is 0 Å². The van der Waals surface area contributed by atoms with Crippen LogP contribution in [0.5, 0.6) is 0 Å². The molecule has 0 aromatic carbocycles. The van der Waals surface area contributed by atoms with Gasteiger partial charge in [0.1, 0.15) is 5.82 Å². The van der Waals surface area contributed by atoms with Gasteiger partial charge in [-0.1, -0.05) is 0 Å². The second kappa shape index (κ2) is 4.98. The van der Waals surface area contributed by atoms with Crippen LogP contribution in [0.25, 0.3) is 0 Å². The van der Waals surface area contributed by atoms with E-state index in [2.05, 4.69) is 9.97 Å². The minimum Gasteiger partial charge on any atom is -0.383 e. The first kappa shape index (κ1) is 16.3. The zero-order valence-electron chi connectivity index (χ0n) is 10.5. The van der Waals surface area contributed by atoms with E-state index in [0.717, 1.165) is 0 Å². The lowest BCUT2D eigenvalue weighted by atomic mass is 9.93. The zero-order valence-corrected chi connectivity index (χ0v) is 10.5. The number of aromatic nitrogens is 2. The molecule has 1 aromatic heterocycles. The molecule has 4 N–H and O–H groups in total. The first-order valence-electron chi connectivity index (χ1n) is 5.42. The topological polar surface area (TPSA) is 77.8 Å². The molecular weight excluding hydrogens is 290 g/mol. The van der Waals surface area contributed by atoms with Crippen LogP contribution in [0.3, 0.4) is 0 Å². The van der Waals surface area contributed by atoms with Gasteiger partial charge in [-0.25, -0.2) is 4.98 Å². The van der Waals surface area contributed by atoms with E-state index in [0.29, 0.717) is 13.8 Å².